The van der Waals surface area contributed by atoms with E-state index in [-0.39, 0.29) is 52.8 Å². The van der Waals surface area contributed by atoms with E-state index >= 15 is 0 Å². The lowest BCUT2D eigenvalue weighted by molar-refractivity contribution is -0.223. The molecule has 0 saturated heterocycles. The minimum Gasteiger partial charge on any atom is -0.393 e. The number of aliphatic hydroxyl groups is 3. The lowest BCUT2D eigenvalue weighted by Gasteiger charge is -2.63. The van der Waals surface area contributed by atoms with Crippen LogP contribution in [0.25, 0.3) is 0 Å². The van der Waals surface area contributed by atoms with Crippen LogP contribution in [0.2, 0.25) is 0 Å². The second-order valence-electron chi connectivity index (χ2n) is 12.3. The Bertz CT molecular complexity index is 1060. The van der Waals surface area contributed by atoms with Crippen molar-refractivity contribution in [3.8, 4) is 0 Å². The molecule has 4 aliphatic carbocycles. The standard InChI is InChI=1S/C26H45NO7S/c1-15(4-7-21(29)27-12-13-35(32,33)34)17-5-6-18-22-19(9-11-25(17,18)2)26(3)10-8-16(28)14-20(26)23(30)24(22)31/h15-20,22-24,28,30-31H,4-14H2,1-3H3,(H,27,29)(H,32,33,34)/t15-,16-,17-,18+,19+,20+,22+,23-,24-,25-,26-/m1/s1/i12D2,13D2. The molecule has 4 rings (SSSR count). The van der Waals surface area contributed by atoms with Gasteiger partial charge in [-0.3, -0.25) is 9.35 Å². The molecule has 4 saturated carbocycles. The highest BCUT2D eigenvalue weighted by atomic mass is 32.2. The first kappa shape index (κ1) is 22.3. The van der Waals surface area contributed by atoms with E-state index in [2.05, 4.69) is 13.8 Å². The second kappa shape index (κ2) is 9.86. The van der Waals surface area contributed by atoms with Crippen molar-refractivity contribution < 1.29 is 38.6 Å². The zero-order chi connectivity index (χ0) is 29.3. The largest absolute Gasteiger partial charge is 0.393 e. The maximum Gasteiger partial charge on any atom is 0.266 e. The summed E-state index contributed by atoms with van der Waals surface area (Å²) in [5, 5.41) is 34.7. The number of fused-ring (bicyclic) bond motifs is 5. The van der Waals surface area contributed by atoms with E-state index in [0.717, 1.165) is 32.1 Å². The molecule has 0 aromatic heterocycles. The van der Waals surface area contributed by atoms with Gasteiger partial charge in [0.25, 0.3) is 10.1 Å². The number of hydrogen-bond donors (Lipinski definition) is 5. The van der Waals surface area contributed by atoms with Gasteiger partial charge in [-0.25, -0.2) is 0 Å². The van der Waals surface area contributed by atoms with Crippen molar-refractivity contribution in [2.24, 2.45) is 46.3 Å². The van der Waals surface area contributed by atoms with Gasteiger partial charge in [0.2, 0.25) is 5.91 Å². The van der Waals surface area contributed by atoms with Gasteiger partial charge in [-0.05, 0) is 97.7 Å². The fourth-order valence-corrected chi connectivity index (χ4v) is 9.18. The Kier molecular flexibility index (Phi) is 6.27. The summed E-state index contributed by atoms with van der Waals surface area (Å²) in [6.07, 6.45) is 3.88. The van der Waals surface area contributed by atoms with Crippen molar-refractivity contribution in [3.63, 3.8) is 0 Å². The van der Waals surface area contributed by atoms with Crippen LogP contribution in [0.15, 0.2) is 0 Å². The number of carbonyl (C=O) groups excluding carboxylic acids is 1. The zero-order valence-electron chi connectivity index (χ0n) is 25.0. The lowest BCUT2D eigenvalue weighted by Crippen LogP contribution is -2.64. The van der Waals surface area contributed by atoms with Gasteiger partial charge in [0, 0.05) is 15.7 Å². The molecule has 1 amide bonds. The van der Waals surface area contributed by atoms with Crippen LogP contribution in [0.3, 0.4) is 0 Å². The van der Waals surface area contributed by atoms with Crippen molar-refractivity contribution in [2.75, 3.05) is 12.2 Å². The van der Waals surface area contributed by atoms with E-state index in [1.54, 1.807) is 5.32 Å². The highest BCUT2D eigenvalue weighted by Gasteiger charge is 2.65. The maximum atomic E-state index is 12.5. The molecule has 8 nitrogen and oxygen atoms in total. The highest BCUT2D eigenvalue weighted by Crippen LogP contribution is 2.68. The highest BCUT2D eigenvalue weighted by molar-refractivity contribution is 7.85. The summed E-state index contributed by atoms with van der Waals surface area (Å²) >= 11 is 0. The quantitative estimate of drug-likeness (QED) is 0.325. The first-order chi connectivity index (χ1) is 17.8. The topological polar surface area (TPSA) is 144 Å². The van der Waals surface area contributed by atoms with Gasteiger partial charge in [-0.1, -0.05) is 20.8 Å². The van der Waals surface area contributed by atoms with Gasteiger partial charge in [0.05, 0.1) is 26.8 Å². The summed E-state index contributed by atoms with van der Waals surface area (Å²) in [6, 6.07) is 0. The molecule has 9 heteroatoms. The number of amides is 1. The maximum absolute atomic E-state index is 12.5. The van der Waals surface area contributed by atoms with Gasteiger partial charge in [-0.2, -0.15) is 8.42 Å². The van der Waals surface area contributed by atoms with Gasteiger partial charge < -0.3 is 20.6 Å². The van der Waals surface area contributed by atoms with Gasteiger partial charge in [0.15, 0.2) is 0 Å². The van der Waals surface area contributed by atoms with E-state index in [0.29, 0.717) is 19.3 Å². The Morgan fingerprint density at radius 3 is 2.37 bits per heavy atom. The molecule has 4 fully saturated rings. The van der Waals surface area contributed by atoms with Crippen molar-refractivity contribution in [1.82, 2.24) is 5.32 Å². The molecule has 35 heavy (non-hydrogen) atoms. The van der Waals surface area contributed by atoms with Crippen LogP contribution in [0.1, 0.15) is 84.0 Å². The van der Waals surface area contributed by atoms with Crippen LogP contribution in [0, 0.1) is 46.3 Å². The number of rotatable bonds is 7. The average Bonchev–Trinajstić information content (AvgIpc) is 3.18. The Morgan fingerprint density at radius 2 is 1.69 bits per heavy atom. The van der Waals surface area contributed by atoms with Crippen LogP contribution in [0.5, 0.6) is 0 Å². The summed E-state index contributed by atoms with van der Waals surface area (Å²) in [5.74, 6) is -0.220. The third-order valence-corrected chi connectivity index (χ3v) is 11.1. The van der Waals surface area contributed by atoms with Gasteiger partial charge >= 0.3 is 0 Å². The van der Waals surface area contributed by atoms with Crippen LogP contribution in [0.4, 0.5) is 0 Å². The monoisotopic (exact) mass is 519 g/mol. The summed E-state index contributed by atoms with van der Waals surface area (Å²) in [5.41, 5.74) is -3.94. The SMILES string of the molecule is [2H]C([2H])(NC(=O)CC[C@@H](C)[C@H]1CC[C@H]2[C@@H]3[C@@H](O)[C@H](O)[C@@H]4C[C@H](O)CC[C@]4(C)[C@H]3CC[C@]12C)C([2H])([2H])S(=O)(=O)O. The minimum atomic E-state index is -5.41. The number of aliphatic hydroxyl groups excluding tert-OH is 3. The third kappa shape index (κ3) is 5.05. The molecule has 0 unspecified atom stereocenters. The fraction of sp³-hybridized carbons (Fsp3) is 0.962. The van der Waals surface area contributed by atoms with Crippen molar-refractivity contribution in [2.45, 2.75) is 96.9 Å². The van der Waals surface area contributed by atoms with Gasteiger partial charge in [-0.15, -0.1) is 0 Å². The summed E-state index contributed by atoms with van der Waals surface area (Å²) in [4.78, 5) is 12.5. The Hall–Kier alpha value is -0.740. The summed E-state index contributed by atoms with van der Waals surface area (Å²) in [6.45, 7) is 3.20. The predicted molar refractivity (Wildman–Crippen MR) is 132 cm³/mol. The normalized spacial score (nSPS) is 48.8. The third-order valence-electron chi connectivity index (χ3n) is 10.7. The molecule has 0 aliphatic heterocycles. The molecule has 11 atom stereocenters. The molecule has 0 bridgehead atoms. The molecule has 0 aromatic carbocycles. The molecular weight excluding hydrogens is 470 g/mol. The van der Waals surface area contributed by atoms with E-state index in [1.165, 1.54) is 0 Å². The summed E-state index contributed by atoms with van der Waals surface area (Å²) in [7, 11) is -5.41. The smallest absolute Gasteiger partial charge is 0.266 e. The van der Waals surface area contributed by atoms with E-state index in [1.807, 2.05) is 6.92 Å². The molecule has 202 valence electrons. The Labute approximate surface area is 215 Å². The first-order valence-corrected chi connectivity index (χ1v) is 14.5. The fourth-order valence-electron chi connectivity index (χ4n) is 9.00. The average molecular weight is 520 g/mol. The predicted octanol–water partition coefficient (Wildman–Crippen LogP) is 2.37. The Balaban J connectivity index is 1.44. The van der Waals surface area contributed by atoms with Crippen molar-refractivity contribution in [3.05, 3.63) is 0 Å². The minimum absolute atomic E-state index is 0.0364. The lowest BCUT2D eigenvalue weighted by atomic mass is 9.43. The van der Waals surface area contributed by atoms with E-state index in [9.17, 15) is 28.5 Å². The van der Waals surface area contributed by atoms with Crippen LogP contribution >= 0.6 is 0 Å². The van der Waals surface area contributed by atoms with Crippen LogP contribution in [-0.2, 0) is 14.9 Å². The molecule has 0 aromatic rings. The van der Waals surface area contributed by atoms with E-state index < -0.39 is 46.5 Å². The number of nitrogens with one attached hydrogen (secondary N) is 1. The molecule has 0 spiro atoms. The molecule has 0 heterocycles. The van der Waals surface area contributed by atoms with Crippen LogP contribution < -0.4 is 5.32 Å². The molecule has 0 radical (unpaired) electrons. The zero-order valence-corrected chi connectivity index (χ0v) is 21.8. The number of hydrogen-bond acceptors (Lipinski definition) is 6. The second-order valence-corrected chi connectivity index (χ2v) is 13.5. The van der Waals surface area contributed by atoms with Crippen molar-refractivity contribution in [1.29, 1.82) is 0 Å². The van der Waals surface area contributed by atoms with Crippen LogP contribution in [-0.4, -0.2) is 64.7 Å². The number of carbonyl (C=O) groups is 1. The first-order valence-electron chi connectivity index (χ1n) is 15.1. The van der Waals surface area contributed by atoms with E-state index in [4.69, 9.17) is 10.0 Å². The molecular formula is C26H45NO7S. The van der Waals surface area contributed by atoms with Gasteiger partial charge in [0.1, 0.15) is 0 Å². The summed E-state index contributed by atoms with van der Waals surface area (Å²) < 4.78 is 61.9. The molecule has 4 aliphatic rings. The van der Waals surface area contributed by atoms with Crippen molar-refractivity contribution >= 4 is 16.0 Å². The molecule has 5 N–H and O–H groups in total. The Morgan fingerprint density at radius 1 is 1.03 bits per heavy atom.